The molecule has 0 aromatic heterocycles. The monoisotopic (exact) mass is 497 g/mol. The summed E-state index contributed by atoms with van der Waals surface area (Å²) in [5.74, 6) is -0.489. The van der Waals surface area contributed by atoms with Gasteiger partial charge in [0.1, 0.15) is 6.10 Å². The van der Waals surface area contributed by atoms with Crippen LogP contribution in [0.1, 0.15) is 149 Å². The molecule has 208 valence electrons. The Bertz CT molecular complexity index is 483. The molecule has 0 aliphatic carbocycles. The summed E-state index contributed by atoms with van der Waals surface area (Å²) in [6.07, 6.45) is 26.2. The van der Waals surface area contributed by atoms with E-state index in [1.54, 1.807) is 0 Å². The van der Waals surface area contributed by atoms with E-state index in [1.807, 2.05) is 0 Å². The smallest absolute Gasteiger partial charge is 0.249 e. The summed E-state index contributed by atoms with van der Waals surface area (Å²) in [5.41, 5.74) is 0. The molecule has 1 amide bonds. The number of carbonyl (C=O) groups excluding carboxylic acids is 1. The van der Waals surface area contributed by atoms with Crippen molar-refractivity contribution in [3.05, 3.63) is 12.2 Å². The minimum atomic E-state index is -1.08. The van der Waals surface area contributed by atoms with Gasteiger partial charge in [0.15, 0.2) is 0 Å². The van der Waals surface area contributed by atoms with Gasteiger partial charge in [-0.3, -0.25) is 4.79 Å². The highest BCUT2D eigenvalue weighted by atomic mass is 16.3. The second-order valence-corrected chi connectivity index (χ2v) is 10.3. The Morgan fingerprint density at radius 3 is 1.66 bits per heavy atom. The summed E-state index contributed by atoms with van der Waals surface area (Å²) < 4.78 is 0. The summed E-state index contributed by atoms with van der Waals surface area (Å²) in [5, 5.41) is 32.8. The van der Waals surface area contributed by atoms with Gasteiger partial charge in [-0.1, -0.05) is 129 Å². The molecule has 0 bridgehead atoms. The van der Waals surface area contributed by atoms with Crippen LogP contribution in [0.2, 0.25) is 0 Å². The molecule has 0 saturated heterocycles. The Morgan fingerprint density at radius 2 is 1.11 bits per heavy atom. The maximum atomic E-state index is 12.3. The first-order chi connectivity index (χ1) is 17.1. The summed E-state index contributed by atoms with van der Waals surface area (Å²) >= 11 is 0. The van der Waals surface area contributed by atoms with E-state index >= 15 is 0 Å². The fourth-order valence-electron chi connectivity index (χ4n) is 4.40. The number of aliphatic hydroxyl groups excluding tert-OH is 3. The quantitative estimate of drug-likeness (QED) is 0.0767. The minimum Gasteiger partial charge on any atom is -0.394 e. The number of amides is 1. The highest BCUT2D eigenvalue weighted by Crippen LogP contribution is 2.14. The lowest BCUT2D eigenvalue weighted by Crippen LogP contribution is -2.49. The van der Waals surface area contributed by atoms with Crippen LogP contribution in [0.5, 0.6) is 0 Å². The molecular weight excluding hydrogens is 438 g/mol. The lowest BCUT2D eigenvalue weighted by atomic mass is 10.0. The van der Waals surface area contributed by atoms with Crippen LogP contribution in [0.25, 0.3) is 0 Å². The highest BCUT2D eigenvalue weighted by molar-refractivity contribution is 5.80. The van der Waals surface area contributed by atoms with Crippen LogP contribution < -0.4 is 5.32 Å². The molecule has 0 fully saturated rings. The maximum Gasteiger partial charge on any atom is 0.249 e. The van der Waals surface area contributed by atoms with Crippen LogP contribution >= 0.6 is 0 Å². The van der Waals surface area contributed by atoms with Gasteiger partial charge < -0.3 is 20.6 Å². The van der Waals surface area contributed by atoms with E-state index in [4.69, 9.17) is 0 Å². The Hall–Kier alpha value is -0.910. The Morgan fingerprint density at radius 1 is 0.657 bits per heavy atom. The largest absolute Gasteiger partial charge is 0.394 e. The van der Waals surface area contributed by atoms with Gasteiger partial charge in [-0.15, -0.1) is 0 Å². The third-order valence-corrected chi connectivity index (χ3v) is 6.88. The van der Waals surface area contributed by atoms with Crippen molar-refractivity contribution in [2.24, 2.45) is 0 Å². The third kappa shape index (κ3) is 22.0. The highest BCUT2D eigenvalue weighted by Gasteiger charge is 2.23. The molecular formula is C30H59NO4. The van der Waals surface area contributed by atoms with Crippen LogP contribution in [0.15, 0.2) is 12.2 Å². The number of aliphatic hydroxyl groups is 3. The Kier molecular flexibility index (Phi) is 25.5. The fourth-order valence-corrected chi connectivity index (χ4v) is 4.40. The third-order valence-electron chi connectivity index (χ3n) is 6.88. The van der Waals surface area contributed by atoms with Crippen molar-refractivity contribution in [2.75, 3.05) is 6.61 Å². The zero-order valence-electron chi connectivity index (χ0n) is 23.2. The second kappa shape index (κ2) is 26.2. The van der Waals surface area contributed by atoms with Crippen molar-refractivity contribution >= 4 is 5.91 Å². The van der Waals surface area contributed by atoms with E-state index in [-0.39, 0.29) is 6.61 Å². The van der Waals surface area contributed by atoms with Crippen LogP contribution in [0.3, 0.4) is 0 Å². The number of hydrogen-bond donors (Lipinski definition) is 4. The standard InChI is InChI=1S/C30H59NO4/c1-3-5-7-9-11-13-14-15-17-18-20-22-24-28(33)27(26-32)31-30(35)29(34)25-23-21-19-16-12-10-8-6-4-2/h10,12,27-29,32-34H,3-9,11,13-26H2,1-2H3,(H,31,35)/b12-10-. The van der Waals surface area contributed by atoms with Gasteiger partial charge in [0.25, 0.3) is 0 Å². The van der Waals surface area contributed by atoms with Gasteiger partial charge >= 0.3 is 0 Å². The van der Waals surface area contributed by atoms with Gasteiger partial charge in [0.05, 0.1) is 18.8 Å². The molecule has 3 unspecified atom stereocenters. The molecule has 3 atom stereocenters. The first kappa shape index (κ1) is 34.1. The van der Waals surface area contributed by atoms with Crippen LogP contribution in [-0.2, 0) is 4.79 Å². The lowest BCUT2D eigenvalue weighted by Gasteiger charge is -2.23. The predicted molar refractivity (Wildman–Crippen MR) is 148 cm³/mol. The molecule has 0 heterocycles. The van der Waals surface area contributed by atoms with E-state index in [0.29, 0.717) is 12.8 Å². The average molecular weight is 498 g/mol. The Balaban J connectivity index is 3.78. The molecule has 0 radical (unpaired) electrons. The zero-order valence-corrected chi connectivity index (χ0v) is 23.2. The maximum absolute atomic E-state index is 12.3. The second-order valence-electron chi connectivity index (χ2n) is 10.3. The van der Waals surface area contributed by atoms with Gasteiger partial charge in [0.2, 0.25) is 5.91 Å². The SMILES string of the molecule is CCCC/C=C\CCCCCC(O)C(=O)NC(CO)C(O)CCCCCCCCCCCCCC. The van der Waals surface area contributed by atoms with Gasteiger partial charge in [-0.2, -0.15) is 0 Å². The van der Waals surface area contributed by atoms with Crippen LogP contribution in [0.4, 0.5) is 0 Å². The van der Waals surface area contributed by atoms with Crippen molar-refractivity contribution in [1.29, 1.82) is 0 Å². The van der Waals surface area contributed by atoms with Crippen LogP contribution in [-0.4, -0.2) is 46.1 Å². The van der Waals surface area contributed by atoms with Gasteiger partial charge in [-0.25, -0.2) is 0 Å². The molecule has 0 rings (SSSR count). The molecule has 0 aliphatic rings. The number of hydrogen-bond acceptors (Lipinski definition) is 4. The lowest BCUT2D eigenvalue weighted by molar-refractivity contribution is -0.131. The molecule has 0 spiro atoms. The van der Waals surface area contributed by atoms with E-state index < -0.39 is 24.2 Å². The number of allylic oxidation sites excluding steroid dienone is 2. The van der Waals surface area contributed by atoms with Crippen molar-refractivity contribution in [2.45, 2.75) is 167 Å². The van der Waals surface area contributed by atoms with E-state index in [2.05, 4.69) is 31.3 Å². The fraction of sp³-hybridized carbons (Fsp3) is 0.900. The first-order valence-electron chi connectivity index (χ1n) is 15.0. The number of nitrogens with one attached hydrogen (secondary N) is 1. The molecule has 0 aromatic rings. The Labute approximate surface area is 217 Å². The summed E-state index contributed by atoms with van der Waals surface area (Å²) in [4.78, 5) is 12.3. The topological polar surface area (TPSA) is 89.8 Å². The number of unbranched alkanes of at least 4 members (excludes halogenated alkanes) is 16. The summed E-state index contributed by atoms with van der Waals surface area (Å²) in [6.45, 7) is 4.13. The van der Waals surface area contributed by atoms with Crippen molar-refractivity contribution in [3.8, 4) is 0 Å². The van der Waals surface area contributed by atoms with E-state index in [0.717, 1.165) is 44.9 Å². The molecule has 5 nitrogen and oxygen atoms in total. The van der Waals surface area contributed by atoms with E-state index in [1.165, 1.54) is 77.0 Å². The average Bonchev–Trinajstić information content (AvgIpc) is 2.86. The molecule has 0 aliphatic heterocycles. The van der Waals surface area contributed by atoms with Crippen molar-refractivity contribution < 1.29 is 20.1 Å². The summed E-state index contributed by atoms with van der Waals surface area (Å²) in [6, 6.07) is -0.710. The molecule has 5 heteroatoms. The molecule has 0 saturated carbocycles. The predicted octanol–water partition coefficient (Wildman–Crippen LogP) is 6.97. The molecule has 0 aromatic carbocycles. The molecule has 4 N–H and O–H groups in total. The normalized spacial score (nSPS) is 14.3. The number of rotatable bonds is 26. The van der Waals surface area contributed by atoms with E-state index in [9.17, 15) is 20.1 Å². The zero-order chi connectivity index (χ0) is 26.0. The van der Waals surface area contributed by atoms with Gasteiger partial charge in [0, 0.05) is 0 Å². The molecule has 35 heavy (non-hydrogen) atoms. The first-order valence-corrected chi connectivity index (χ1v) is 15.0. The summed E-state index contributed by atoms with van der Waals surface area (Å²) in [7, 11) is 0. The van der Waals surface area contributed by atoms with Crippen molar-refractivity contribution in [1.82, 2.24) is 5.32 Å². The van der Waals surface area contributed by atoms with Crippen molar-refractivity contribution in [3.63, 3.8) is 0 Å². The van der Waals surface area contributed by atoms with Gasteiger partial charge in [-0.05, 0) is 32.1 Å². The number of carbonyl (C=O) groups is 1. The van der Waals surface area contributed by atoms with Crippen LogP contribution in [0, 0.1) is 0 Å². The minimum absolute atomic E-state index is 0.317.